The number of amides is 2. The monoisotopic (exact) mass is 387 g/mol. The van der Waals surface area contributed by atoms with Crippen LogP contribution in [0.3, 0.4) is 0 Å². The fraction of sp³-hybridized carbons (Fsp3) is 0.571. The van der Waals surface area contributed by atoms with Crippen molar-refractivity contribution in [3.8, 4) is 0 Å². The average Bonchev–Trinajstić information content (AvgIpc) is 3.18. The highest BCUT2D eigenvalue weighted by molar-refractivity contribution is 5.96. The zero-order chi connectivity index (χ0) is 20.4. The molecule has 1 aliphatic carbocycles. The fourth-order valence-electron chi connectivity index (χ4n) is 3.59. The molecule has 0 spiro atoms. The predicted molar refractivity (Wildman–Crippen MR) is 112 cm³/mol. The lowest BCUT2D eigenvalue weighted by Crippen LogP contribution is -2.42. The van der Waals surface area contributed by atoms with Gasteiger partial charge < -0.3 is 21.7 Å². The van der Waals surface area contributed by atoms with Crippen molar-refractivity contribution in [2.45, 2.75) is 52.5 Å². The van der Waals surface area contributed by atoms with E-state index < -0.39 is 5.91 Å². The van der Waals surface area contributed by atoms with Crippen LogP contribution in [0, 0.1) is 5.41 Å². The number of guanidine groups is 1. The fourth-order valence-corrected chi connectivity index (χ4v) is 3.59. The molecule has 0 bridgehead atoms. The van der Waals surface area contributed by atoms with Crippen LogP contribution in [0.5, 0.6) is 0 Å². The first kappa shape index (κ1) is 21.7. The molecule has 1 aromatic carbocycles. The minimum Gasteiger partial charge on any atom is -0.368 e. The van der Waals surface area contributed by atoms with E-state index in [1.165, 1.54) is 32.1 Å². The Kier molecular flexibility index (Phi) is 8.29. The molecule has 0 radical (unpaired) electrons. The standard InChI is InChI=1S/C21H33N5O2/c1-3-21(11-5-6-12-21)15-26-20(23-4-2)25-13-16-7-9-17(10-8-16)19(28)24-14-18(22)27/h7-10H,3-6,11-15H2,1-2H3,(H2,22,27)(H,24,28)(H2,23,25,26). The van der Waals surface area contributed by atoms with Crippen LogP contribution in [0.4, 0.5) is 0 Å². The summed E-state index contributed by atoms with van der Waals surface area (Å²) in [5.41, 5.74) is 6.94. The Morgan fingerprint density at radius 2 is 1.75 bits per heavy atom. The van der Waals surface area contributed by atoms with Gasteiger partial charge in [0.1, 0.15) is 0 Å². The number of carbonyl (C=O) groups is 2. The number of benzene rings is 1. The number of nitrogens with zero attached hydrogens (tertiary/aromatic N) is 1. The first-order valence-electron chi connectivity index (χ1n) is 10.2. The van der Waals surface area contributed by atoms with Crippen molar-refractivity contribution in [3.63, 3.8) is 0 Å². The third-order valence-electron chi connectivity index (χ3n) is 5.45. The summed E-state index contributed by atoms with van der Waals surface area (Å²) in [6.45, 7) is 6.46. The Morgan fingerprint density at radius 1 is 1.07 bits per heavy atom. The Hall–Kier alpha value is -2.57. The van der Waals surface area contributed by atoms with Gasteiger partial charge >= 0.3 is 0 Å². The van der Waals surface area contributed by atoms with E-state index in [2.05, 4.69) is 34.8 Å². The summed E-state index contributed by atoms with van der Waals surface area (Å²) >= 11 is 0. The second kappa shape index (κ2) is 10.7. The molecular formula is C21H33N5O2. The van der Waals surface area contributed by atoms with E-state index in [4.69, 9.17) is 5.73 Å². The number of hydrogen-bond acceptors (Lipinski definition) is 3. The van der Waals surface area contributed by atoms with Crippen molar-refractivity contribution in [2.24, 2.45) is 16.1 Å². The molecule has 1 aliphatic rings. The van der Waals surface area contributed by atoms with E-state index in [0.717, 1.165) is 24.6 Å². The predicted octanol–water partition coefficient (Wildman–Crippen LogP) is 1.93. The molecule has 0 atom stereocenters. The van der Waals surface area contributed by atoms with Crippen LogP contribution >= 0.6 is 0 Å². The van der Waals surface area contributed by atoms with Gasteiger partial charge in [0.15, 0.2) is 5.96 Å². The maximum Gasteiger partial charge on any atom is 0.251 e. The molecule has 0 heterocycles. The van der Waals surface area contributed by atoms with E-state index in [9.17, 15) is 9.59 Å². The van der Waals surface area contributed by atoms with Crippen LogP contribution in [0.25, 0.3) is 0 Å². The number of nitrogens with one attached hydrogen (secondary N) is 3. The molecule has 1 aromatic rings. The maximum absolute atomic E-state index is 11.9. The molecule has 0 unspecified atom stereocenters. The van der Waals surface area contributed by atoms with Crippen molar-refractivity contribution in [1.29, 1.82) is 0 Å². The number of primary amides is 1. The molecule has 7 nitrogen and oxygen atoms in total. The SMILES string of the molecule is CCNC(=NCc1ccc(C(=O)NCC(N)=O)cc1)NCC1(CC)CCCC1. The van der Waals surface area contributed by atoms with Gasteiger partial charge in [-0.05, 0) is 49.3 Å². The number of aliphatic imine (C=N–C) groups is 1. The summed E-state index contributed by atoms with van der Waals surface area (Å²) in [5, 5.41) is 9.29. The summed E-state index contributed by atoms with van der Waals surface area (Å²) in [4.78, 5) is 27.3. The minimum atomic E-state index is -0.565. The highest BCUT2D eigenvalue weighted by Gasteiger charge is 2.31. The lowest BCUT2D eigenvalue weighted by molar-refractivity contribution is -0.117. The molecule has 0 aromatic heterocycles. The van der Waals surface area contributed by atoms with Crippen molar-refractivity contribution < 1.29 is 9.59 Å². The minimum absolute atomic E-state index is 0.165. The largest absolute Gasteiger partial charge is 0.368 e. The van der Waals surface area contributed by atoms with Crippen molar-refractivity contribution in [1.82, 2.24) is 16.0 Å². The van der Waals surface area contributed by atoms with Gasteiger partial charge in [-0.25, -0.2) is 4.99 Å². The van der Waals surface area contributed by atoms with Crippen LogP contribution in [0.1, 0.15) is 61.9 Å². The third kappa shape index (κ3) is 6.55. The summed E-state index contributed by atoms with van der Waals surface area (Å²) in [7, 11) is 0. The summed E-state index contributed by atoms with van der Waals surface area (Å²) in [6, 6.07) is 7.20. The zero-order valence-corrected chi connectivity index (χ0v) is 17.0. The van der Waals surface area contributed by atoms with Gasteiger partial charge in [-0.1, -0.05) is 31.9 Å². The summed E-state index contributed by atoms with van der Waals surface area (Å²) in [6.07, 6.45) is 6.41. The number of rotatable bonds is 9. The van der Waals surface area contributed by atoms with Crippen LogP contribution in [-0.4, -0.2) is 37.4 Å². The first-order valence-corrected chi connectivity index (χ1v) is 10.2. The normalized spacial score (nSPS) is 15.9. The molecule has 28 heavy (non-hydrogen) atoms. The van der Waals surface area contributed by atoms with E-state index in [1.807, 2.05) is 12.1 Å². The van der Waals surface area contributed by atoms with Crippen molar-refractivity contribution in [3.05, 3.63) is 35.4 Å². The van der Waals surface area contributed by atoms with Gasteiger partial charge in [-0.3, -0.25) is 9.59 Å². The van der Waals surface area contributed by atoms with Gasteiger partial charge in [0.05, 0.1) is 13.1 Å². The van der Waals surface area contributed by atoms with Gasteiger partial charge in [0.25, 0.3) is 5.91 Å². The first-order chi connectivity index (χ1) is 13.5. The van der Waals surface area contributed by atoms with Crippen LogP contribution in [0.2, 0.25) is 0 Å². The summed E-state index contributed by atoms with van der Waals surface area (Å²) in [5.74, 6) is -0.0546. The molecule has 0 aliphatic heterocycles. The Labute approximate surface area is 167 Å². The van der Waals surface area contributed by atoms with E-state index in [-0.39, 0.29) is 12.5 Å². The zero-order valence-electron chi connectivity index (χ0n) is 17.0. The smallest absolute Gasteiger partial charge is 0.251 e. The molecule has 5 N–H and O–H groups in total. The topological polar surface area (TPSA) is 109 Å². The highest BCUT2D eigenvalue weighted by Crippen LogP contribution is 2.40. The Morgan fingerprint density at radius 3 is 2.32 bits per heavy atom. The van der Waals surface area contributed by atoms with Gasteiger partial charge in [0, 0.05) is 18.7 Å². The van der Waals surface area contributed by atoms with Gasteiger partial charge in [-0.15, -0.1) is 0 Å². The van der Waals surface area contributed by atoms with Crippen LogP contribution in [0.15, 0.2) is 29.3 Å². The van der Waals surface area contributed by atoms with Gasteiger partial charge in [0.2, 0.25) is 5.91 Å². The van der Waals surface area contributed by atoms with Crippen LogP contribution < -0.4 is 21.7 Å². The maximum atomic E-state index is 11.9. The number of nitrogens with two attached hydrogens (primary N) is 1. The molecule has 7 heteroatoms. The molecule has 1 fully saturated rings. The van der Waals surface area contributed by atoms with Crippen molar-refractivity contribution >= 4 is 17.8 Å². The quantitative estimate of drug-likeness (QED) is 0.383. The Balaban J connectivity index is 1.92. The molecule has 2 rings (SSSR count). The van der Waals surface area contributed by atoms with Gasteiger partial charge in [-0.2, -0.15) is 0 Å². The molecular weight excluding hydrogens is 354 g/mol. The second-order valence-corrected chi connectivity index (χ2v) is 7.46. The molecule has 2 amide bonds. The summed E-state index contributed by atoms with van der Waals surface area (Å²) < 4.78 is 0. The van der Waals surface area contributed by atoms with E-state index in [1.54, 1.807) is 12.1 Å². The molecule has 1 saturated carbocycles. The Bertz CT molecular complexity index is 679. The van der Waals surface area contributed by atoms with E-state index >= 15 is 0 Å². The third-order valence-corrected chi connectivity index (χ3v) is 5.45. The van der Waals surface area contributed by atoms with E-state index in [0.29, 0.717) is 17.5 Å². The highest BCUT2D eigenvalue weighted by atomic mass is 16.2. The van der Waals surface area contributed by atoms with Crippen molar-refractivity contribution in [2.75, 3.05) is 19.6 Å². The van der Waals surface area contributed by atoms with Crippen LogP contribution in [-0.2, 0) is 11.3 Å². The molecule has 0 saturated heterocycles. The second-order valence-electron chi connectivity index (χ2n) is 7.46. The number of carbonyl (C=O) groups excluding carboxylic acids is 2. The molecule has 154 valence electrons. The lowest BCUT2D eigenvalue weighted by Gasteiger charge is -2.28. The number of hydrogen-bond donors (Lipinski definition) is 4. The lowest BCUT2D eigenvalue weighted by atomic mass is 9.83. The average molecular weight is 388 g/mol.